The maximum absolute atomic E-state index is 3.45. The highest BCUT2D eigenvalue weighted by molar-refractivity contribution is 5.79. The van der Waals surface area contributed by atoms with Crippen molar-refractivity contribution >= 4 is 0 Å². The summed E-state index contributed by atoms with van der Waals surface area (Å²) in [6, 6.07) is 16.7. The van der Waals surface area contributed by atoms with Crippen LogP contribution in [0.5, 0.6) is 0 Å². The number of benzene rings is 2. The van der Waals surface area contributed by atoms with E-state index in [-0.39, 0.29) is 0 Å². The van der Waals surface area contributed by atoms with E-state index in [9.17, 15) is 0 Å². The van der Waals surface area contributed by atoms with Gasteiger partial charge in [0.25, 0.3) is 0 Å². The lowest BCUT2D eigenvalue weighted by Crippen LogP contribution is -1.92. The van der Waals surface area contributed by atoms with E-state index in [4.69, 9.17) is 0 Å². The van der Waals surface area contributed by atoms with Gasteiger partial charge in [-0.05, 0) is 53.1 Å². The van der Waals surface area contributed by atoms with Crippen LogP contribution in [-0.4, -0.2) is 0 Å². The standard InChI is InChI=1S/C21H25/c1-2-3-4-5-6-7-11-17-13-10-14-19-16-18-12-8-9-15-20(18)21(17)19/h8-10,12-13,15H,2-7,11,16H2,1H3. The molecule has 0 saturated carbocycles. The lowest BCUT2D eigenvalue weighted by atomic mass is 9.95. The van der Waals surface area contributed by atoms with E-state index in [2.05, 4.69) is 49.4 Å². The van der Waals surface area contributed by atoms with Gasteiger partial charge >= 0.3 is 0 Å². The number of unbranched alkanes of at least 4 members (excludes halogenated alkanes) is 5. The minimum Gasteiger partial charge on any atom is -0.0654 e. The summed E-state index contributed by atoms with van der Waals surface area (Å²) < 4.78 is 0. The van der Waals surface area contributed by atoms with Crippen molar-refractivity contribution in [3.63, 3.8) is 0 Å². The van der Waals surface area contributed by atoms with Crippen molar-refractivity contribution in [2.45, 2.75) is 58.3 Å². The second kappa shape index (κ2) is 6.93. The largest absolute Gasteiger partial charge is 0.0654 e. The van der Waals surface area contributed by atoms with Gasteiger partial charge < -0.3 is 0 Å². The Kier molecular flexibility index (Phi) is 4.75. The summed E-state index contributed by atoms with van der Waals surface area (Å²) in [5.74, 6) is 0. The molecule has 1 aliphatic carbocycles. The molecule has 2 aromatic carbocycles. The summed E-state index contributed by atoms with van der Waals surface area (Å²) >= 11 is 0. The zero-order valence-corrected chi connectivity index (χ0v) is 13.1. The van der Waals surface area contributed by atoms with Crippen LogP contribution in [0.3, 0.4) is 0 Å². The fourth-order valence-corrected chi connectivity index (χ4v) is 3.48. The first-order valence-corrected chi connectivity index (χ1v) is 8.51. The number of hydrogen-bond acceptors (Lipinski definition) is 0. The van der Waals surface area contributed by atoms with Crippen molar-refractivity contribution in [1.29, 1.82) is 0 Å². The smallest absolute Gasteiger partial charge is 0.000718 e. The highest BCUT2D eigenvalue weighted by Crippen LogP contribution is 2.38. The molecule has 0 saturated heterocycles. The Morgan fingerprint density at radius 2 is 1.76 bits per heavy atom. The van der Waals surface area contributed by atoms with Gasteiger partial charge in [0.1, 0.15) is 0 Å². The highest BCUT2D eigenvalue weighted by Gasteiger charge is 2.20. The first kappa shape index (κ1) is 14.4. The summed E-state index contributed by atoms with van der Waals surface area (Å²) in [6.07, 6.45) is 10.5. The molecule has 0 atom stereocenters. The van der Waals surface area contributed by atoms with E-state index >= 15 is 0 Å². The van der Waals surface area contributed by atoms with Crippen molar-refractivity contribution in [2.24, 2.45) is 0 Å². The van der Waals surface area contributed by atoms with Crippen LogP contribution in [0.2, 0.25) is 0 Å². The van der Waals surface area contributed by atoms with Crippen LogP contribution in [0.4, 0.5) is 0 Å². The molecule has 21 heavy (non-hydrogen) atoms. The van der Waals surface area contributed by atoms with Crippen LogP contribution < -0.4 is 0 Å². The summed E-state index contributed by atoms with van der Waals surface area (Å²) in [6.45, 7) is 2.28. The average molecular weight is 277 g/mol. The van der Waals surface area contributed by atoms with Gasteiger partial charge in [0.05, 0.1) is 0 Å². The van der Waals surface area contributed by atoms with E-state index in [0.717, 1.165) is 6.42 Å². The van der Waals surface area contributed by atoms with Gasteiger partial charge in [-0.15, -0.1) is 0 Å². The molecule has 0 heterocycles. The van der Waals surface area contributed by atoms with Crippen LogP contribution in [0, 0.1) is 6.07 Å². The average Bonchev–Trinajstić information content (AvgIpc) is 2.90. The first-order chi connectivity index (χ1) is 10.4. The molecule has 0 nitrogen and oxygen atoms in total. The fraction of sp³-hybridized carbons (Fsp3) is 0.429. The molecule has 0 unspecified atom stereocenters. The SMILES string of the molecule is CCCCCCCCc1cc[c]c2c1-c1ccccc1C2. The monoisotopic (exact) mass is 277 g/mol. The number of aryl methyl sites for hydroxylation is 1. The van der Waals surface area contributed by atoms with Crippen LogP contribution in [0.15, 0.2) is 36.4 Å². The molecule has 0 bridgehead atoms. The molecule has 1 radical (unpaired) electrons. The van der Waals surface area contributed by atoms with Crippen LogP contribution in [-0.2, 0) is 12.8 Å². The molecule has 0 aliphatic heterocycles. The Balaban J connectivity index is 1.67. The van der Waals surface area contributed by atoms with Crippen molar-refractivity contribution in [3.8, 4) is 11.1 Å². The molecule has 1 aliphatic rings. The van der Waals surface area contributed by atoms with Crippen LogP contribution >= 0.6 is 0 Å². The maximum Gasteiger partial charge on any atom is -0.000718 e. The molecule has 2 aromatic rings. The van der Waals surface area contributed by atoms with E-state index in [0.29, 0.717) is 0 Å². The van der Waals surface area contributed by atoms with Gasteiger partial charge in [-0.3, -0.25) is 0 Å². The third-order valence-electron chi connectivity index (χ3n) is 4.62. The van der Waals surface area contributed by atoms with Crippen molar-refractivity contribution in [3.05, 3.63) is 59.2 Å². The topological polar surface area (TPSA) is 0 Å². The Morgan fingerprint density at radius 3 is 2.67 bits per heavy atom. The molecule has 0 heteroatoms. The molecule has 0 fully saturated rings. The Bertz CT molecular complexity index is 595. The van der Waals surface area contributed by atoms with E-state index in [1.165, 1.54) is 72.8 Å². The number of rotatable bonds is 7. The summed E-state index contributed by atoms with van der Waals surface area (Å²) in [4.78, 5) is 0. The molecule has 0 spiro atoms. The Hall–Kier alpha value is -1.56. The summed E-state index contributed by atoms with van der Waals surface area (Å²) in [5, 5.41) is 0. The lowest BCUT2D eigenvalue weighted by molar-refractivity contribution is 0.608. The van der Waals surface area contributed by atoms with E-state index in [1.807, 2.05) is 0 Å². The molecular formula is C21H25. The fourth-order valence-electron chi connectivity index (χ4n) is 3.48. The molecule has 109 valence electrons. The minimum atomic E-state index is 1.07. The molecule has 0 aromatic heterocycles. The summed E-state index contributed by atoms with van der Waals surface area (Å²) in [7, 11) is 0. The normalized spacial score (nSPS) is 12.2. The van der Waals surface area contributed by atoms with Crippen LogP contribution in [0.1, 0.15) is 62.1 Å². The zero-order chi connectivity index (χ0) is 14.5. The molecule has 0 N–H and O–H groups in total. The number of fused-ring (bicyclic) bond motifs is 3. The van der Waals surface area contributed by atoms with Gasteiger partial charge in [0.2, 0.25) is 0 Å². The highest BCUT2D eigenvalue weighted by atomic mass is 14.2. The van der Waals surface area contributed by atoms with Crippen molar-refractivity contribution < 1.29 is 0 Å². The van der Waals surface area contributed by atoms with Gasteiger partial charge in [0, 0.05) is 0 Å². The maximum atomic E-state index is 3.45. The Labute approximate surface area is 129 Å². The van der Waals surface area contributed by atoms with E-state index < -0.39 is 0 Å². The predicted octanol–water partition coefficient (Wildman–Crippen LogP) is 5.96. The molecular weight excluding hydrogens is 252 g/mol. The van der Waals surface area contributed by atoms with E-state index in [1.54, 1.807) is 0 Å². The van der Waals surface area contributed by atoms with Gasteiger partial charge in [0.15, 0.2) is 0 Å². The predicted molar refractivity (Wildman–Crippen MR) is 90.6 cm³/mol. The van der Waals surface area contributed by atoms with Crippen molar-refractivity contribution in [2.75, 3.05) is 0 Å². The molecule has 3 rings (SSSR count). The third kappa shape index (κ3) is 3.20. The number of hydrogen-bond donors (Lipinski definition) is 0. The molecule has 0 amide bonds. The van der Waals surface area contributed by atoms with Gasteiger partial charge in [-0.1, -0.05) is 75.4 Å². The first-order valence-electron chi connectivity index (χ1n) is 8.51. The second-order valence-electron chi connectivity index (χ2n) is 6.21. The van der Waals surface area contributed by atoms with Crippen LogP contribution in [0.25, 0.3) is 11.1 Å². The van der Waals surface area contributed by atoms with Crippen molar-refractivity contribution in [1.82, 2.24) is 0 Å². The zero-order valence-electron chi connectivity index (χ0n) is 13.1. The minimum absolute atomic E-state index is 1.07. The quantitative estimate of drug-likeness (QED) is 0.467. The van der Waals surface area contributed by atoms with Gasteiger partial charge in [-0.25, -0.2) is 0 Å². The van der Waals surface area contributed by atoms with Gasteiger partial charge in [-0.2, -0.15) is 0 Å². The third-order valence-corrected chi connectivity index (χ3v) is 4.62. The Morgan fingerprint density at radius 1 is 0.952 bits per heavy atom. The summed E-state index contributed by atoms with van der Waals surface area (Å²) in [5.41, 5.74) is 7.34. The second-order valence-corrected chi connectivity index (χ2v) is 6.21. The lowest BCUT2D eigenvalue weighted by Gasteiger charge is -2.09.